The first-order valence-corrected chi connectivity index (χ1v) is 7.24. The van der Waals surface area contributed by atoms with Crippen molar-refractivity contribution in [2.45, 2.75) is 40.2 Å². The highest BCUT2D eigenvalue weighted by Gasteiger charge is 2.13. The van der Waals surface area contributed by atoms with Crippen LogP contribution in [0.25, 0.3) is 0 Å². The van der Waals surface area contributed by atoms with Crippen molar-refractivity contribution in [3.63, 3.8) is 0 Å². The van der Waals surface area contributed by atoms with Gasteiger partial charge < -0.3 is 10.6 Å². The summed E-state index contributed by atoms with van der Waals surface area (Å²) in [5.41, 5.74) is 3.31. The van der Waals surface area contributed by atoms with E-state index in [1.165, 1.54) is 12.4 Å². The largest absolute Gasteiger partial charge is 0.350 e. The van der Waals surface area contributed by atoms with Crippen molar-refractivity contribution in [3.05, 3.63) is 47.3 Å². The molecule has 0 saturated carbocycles. The zero-order chi connectivity index (χ0) is 16.3. The van der Waals surface area contributed by atoms with Gasteiger partial charge in [-0.15, -0.1) is 0 Å². The molecular weight excluding hydrogens is 276 g/mol. The summed E-state index contributed by atoms with van der Waals surface area (Å²) >= 11 is 0. The maximum absolute atomic E-state index is 12.3. The van der Waals surface area contributed by atoms with E-state index in [0.717, 1.165) is 16.8 Å². The molecule has 116 valence electrons. The monoisotopic (exact) mass is 298 g/mol. The smallest absolute Gasteiger partial charge is 0.258 e. The van der Waals surface area contributed by atoms with Gasteiger partial charge in [0.25, 0.3) is 5.91 Å². The lowest BCUT2D eigenvalue weighted by atomic mass is 10.1. The first-order chi connectivity index (χ1) is 10.3. The third kappa shape index (κ3) is 4.04. The van der Waals surface area contributed by atoms with Gasteiger partial charge in [0.15, 0.2) is 0 Å². The Balaban J connectivity index is 2.12. The fourth-order valence-electron chi connectivity index (χ4n) is 1.93. The van der Waals surface area contributed by atoms with Gasteiger partial charge in [-0.1, -0.05) is 12.1 Å². The van der Waals surface area contributed by atoms with Crippen molar-refractivity contribution >= 4 is 17.5 Å². The molecule has 22 heavy (non-hydrogen) atoms. The van der Waals surface area contributed by atoms with Crippen LogP contribution in [0.15, 0.2) is 30.6 Å². The second-order valence-corrected chi connectivity index (χ2v) is 6.37. The number of carbonyl (C=O) groups is 1. The Bertz CT molecular complexity index is 672. The molecular formula is C17H22N4O. The van der Waals surface area contributed by atoms with Gasteiger partial charge in [0.2, 0.25) is 5.95 Å². The molecule has 2 aromatic rings. The van der Waals surface area contributed by atoms with Gasteiger partial charge in [0.05, 0.1) is 5.56 Å². The van der Waals surface area contributed by atoms with E-state index in [9.17, 15) is 4.79 Å². The number of aryl methyl sites for hydroxylation is 1. The number of amides is 1. The van der Waals surface area contributed by atoms with E-state index >= 15 is 0 Å². The summed E-state index contributed by atoms with van der Waals surface area (Å²) in [5, 5.41) is 6.06. The third-order valence-corrected chi connectivity index (χ3v) is 3.25. The summed E-state index contributed by atoms with van der Waals surface area (Å²) in [5.74, 6) is 0.298. The molecule has 5 heteroatoms. The van der Waals surface area contributed by atoms with Gasteiger partial charge in [-0.25, -0.2) is 9.97 Å². The molecule has 0 bridgehead atoms. The van der Waals surface area contributed by atoms with E-state index in [-0.39, 0.29) is 11.4 Å². The van der Waals surface area contributed by atoms with Crippen LogP contribution in [0.5, 0.6) is 0 Å². The van der Waals surface area contributed by atoms with E-state index in [4.69, 9.17) is 0 Å². The topological polar surface area (TPSA) is 66.9 Å². The average molecular weight is 298 g/mol. The number of rotatable bonds is 3. The van der Waals surface area contributed by atoms with Crippen molar-refractivity contribution in [2.24, 2.45) is 0 Å². The lowest BCUT2D eigenvalue weighted by molar-refractivity contribution is 0.102. The lowest BCUT2D eigenvalue weighted by Crippen LogP contribution is -2.27. The summed E-state index contributed by atoms with van der Waals surface area (Å²) in [6.07, 6.45) is 3.06. The van der Waals surface area contributed by atoms with Gasteiger partial charge in [-0.05, 0) is 51.8 Å². The second kappa shape index (κ2) is 6.13. The van der Waals surface area contributed by atoms with Crippen LogP contribution >= 0.6 is 0 Å². The van der Waals surface area contributed by atoms with Crippen LogP contribution in [0.2, 0.25) is 0 Å². The molecule has 0 radical (unpaired) electrons. The van der Waals surface area contributed by atoms with Crippen LogP contribution in [0, 0.1) is 13.8 Å². The van der Waals surface area contributed by atoms with Crippen molar-refractivity contribution < 1.29 is 4.79 Å². The molecule has 2 rings (SSSR count). The van der Waals surface area contributed by atoms with E-state index in [1.54, 1.807) is 0 Å². The number of nitrogens with one attached hydrogen (secondary N) is 2. The number of carbonyl (C=O) groups excluding carboxylic acids is 1. The maximum Gasteiger partial charge on any atom is 0.258 e. The highest BCUT2D eigenvalue weighted by Crippen LogP contribution is 2.19. The van der Waals surface area contributed by atoms with Crippen LogP contribution < -0.4 is 10.6 Å². The molecule has 0 spiro atoms. The zero-order valence-electron chi connectivity index (χ0n) is 13.7. The van der Waals surface area contributed by atoms with Gasteiger partial charge in [-0.3, -0.25) is 4.79 Å². The molecule has 1 aromatic carbocycles. The lowest BCUT2D eigenvalue weighted by Gasteiger charge is -2.20. The van der Waals surface area contributed by atoms with Gasteiger partial charge in [0.1, 0.15) is 0 Å². The SMILES string of the molecule is Cc1cccc(NC(=O)c2cnc(NC(C)(C)C)nc2)c1C. The first-order valence-electron chi connectivity index (χ1n) is 7.24. The number of benzene rings is 1. The summed E-state index contributed by atoms with van der Waals surface area (Å²) in [6.45, 7) is 10.1. The Kier molecular flexibility index (Phi) is 4.45. The predicted octanol–water partition coefficient (Wildman–Crippen LogP) is 3.56. The van der Waals surface area contributed by atoms with E-state index in [1.807, 2.05) is 52.8 Å². The number of aromatic nitrogens is 2. The Morgan fingerprint density at radius 2 is 1.73 bits per heavy atom. The van der Waals surface area contributed by atoms with Crippen LogP contribution in [-0.4, -0.2) is 21.4 Å². The molecule has 1 heterocycles. The van der Waals surface area contributed by atoms with Gasteiger partial charge >= 0.3 is 0 Å². The quantitative estimate of drug-likeness (QED) is 0.909. The fourth-order valence-corrected chi connectivity index (χ4v) is 1.93. The Labute approximate surface area is 131 Å². The Morgan fingerprint density at radius 1 is 1.09 bits per heavy atom. The Morgan fingerprint density at radius 3 is 2.32 bits per heavy atom. The molecule has 0 fully saturated rings. The predicted molar refractivity (Wildman–Crippen MR) is 89.3 cm³/mol. The van der Waals surface area contributed by atoms with Gasteiger partial charge in [0, 0.05) is 23.6 Å². The minimum Gasteiger partial charge on any atom is -0.350 e. The minimum absolute atomic E-state index is 0.123. The maximum atomic E-state index is 12.3. The summed E-state index contributed by atoms with van der Waals surface area (Å²) in [4.78, 5) is 20.6. The third-order valence-electron chi connectivity index (χ3n) is 3.25. The highest BCUT2D eigenvalue weighted by molar-refractivity contribution is 6.04. The molecule has 1 aromatic heterocycles. The number of hydrogen-bond donors (Lipinski definition) is 2. The minimum atomic E-state index is -0.212. The molecule has 1 amide bonds. The van der Waals surface area contributed by atoms with E-state index in [0.29, 0.717) is 11.5 Å². The van der Waals surface area contributed by atoms with Crippen molar-refractivity contribution in [1.29, 1.82) is 0 Å². The molecule has 0 atom stereocenters. The molecule has 0 aliphatic carbocycles. The van der Waals surface area contributed by atoms with Crippen LogP contribution in [0.3, 0.4) is 0 Å². The second-order valence-electron chi connectivity index (χ2n) is 6.37. The van der Waals surface area contributed by atoms with Crippen molar-refractivity contribution in [3.8, 4) is 0 Å². The van der Waals surface area contributed by atoms with Crippen molar-refractivity contribution in [1.82, 2.24) is 9.97 Å². The Hall–Kier alpha value is -2.43. The van der Waals surface area contributed by atoms with Crippen molar-refractivity contribution in [2.75, 3.05) is 10.6 Å². The number of anilines is 2. The number of hydrogen-bond acceptors (Lipinski definition) is 4. The highest BCUT2D eigenvalue weighted by atomic mass is 16.1. The van der Waals surface area contributed by atoms with E-state index in [2.05, 4.69) is 20.6 Å². The molecule has 0 aliphatic rings. The van der Waals surface area contributed by atoms with Crippen LogP contribution in [0.4, 0.5) is 11.6 Å². The van der Waals surface area contributed by atoms with Crippen LogP contribution in [-0.2, 0) is 0 Å². The van der Waals surface area contributed by atoms with E-state index < -0.39 is 0 Å². The average Bonchev–Trinajstić information content (AvgIpc) is 2.43. The molecule has 0 unspecified atom stereocenters. The summed E-state index contributed by atoms with van der Waals surface area (Å²) < 4.78 is 0. The zero-order valence-corrected chi connectivity index (χ0v) is 13.7. The molecule has 2 N–H and O–H groups in total. The molecule has 0 saturated heterocycles. The molecule has 5 nitrogen and oxygen atoms in total. The standard InChI is InChI=1S/C17H22N4O/c1-11-7-6-8-14(12(11)2)20-15(22)13-9-18-16(19-10-13)21-17(3,4)5/h6-10H,1-5H3,(H,20,22)(H,18,19,21). The van der Waals surface area contributed by atoms with Crippen LogP contribution in [0.1, 0.15) is 42.3 Å². The number of nitrogens with zero attached hydrogens (tertiary/aromatic N) is 2. The fraction of sp³-hybridized carbons (Fsp3) is 0.353. The first kappa shape index (κ1) is 15.9. The summed E-state index contributed by atoms with van der Waals surface area (Å²) in [6, 6.07) is 5.82. The summed E-state index contributed by atoms with van der Waals surface area (Å²) in [7, 11) is 0. The molecule has 0 aliphatic heterocycles. The normalized spacial score (nSPS) is 11.1. The van der Waals surface area contributed by atoms with Gasteiger partial charge in [-0.2, -0.15) is 0 Å².